The number of aliphatic carboxylic acids is 1. The SMILES string of the molecule is CC1NC(CCC2CCCC3(CCCC3)CCC(O)(CC(=O)O)CNC3(C)CC(N)NC(Cc4cccc(c4)C2)C3)C([NH+]2CC=NC2)CC1O. The zero-order chi connectivity index (χ0) is 35.4. The van der Waals surface area contributed by atoms with Crippen molar-refractivity contribution in [1.82, 2.24) is 16.0 Å². The molecule has 0 radical (unpaired) electrons. The third-order valence-corrected chi connectivity index (χ3v) is 13.5. The summed E-state index contributed by atoms with van der Waals surface area (Å²) in [6.07, 6.45) is 17.5. The Kier molecular flexibility index (Phi) is 12.4. The Labute approximate surface area is 300 Å². The quantitative estimate of drug-likeness (QED) is 0.226. The second-order valence-electron chi connectivity index (χ2n) is 17.7. The fourth-order valence-electron chi connectivity index (χ4n) is 10.6. The minimum absolute atomic E-state index is 0.0988. The third-order valence-electron chi connectivity index (χ3n) is 13.5. The van der Waals surface area contributed by atoms with Gasteiger partial charge in [0.2, 0.25) is 0 Å². The highest BCUT2D eigenvalue weighted by atomic mass is 16.4. The van der Waals surface area contributed by atoms with E-state index < -0.39 is 11.6 Å². The monoisotopic (exact) mass is 696 g/mol. The van der Waals surface area contributed by atoms with Crippen LogP contribution in [0.15, 0.2) is 29.3 Å². The molecule has 3 fully saturated rings. The molecule has 4 bridgehead atoms. The summed E-state index contributed by atoms with van der Waals surface area (Å²) < 4.78 is 0. The second-order valence-corrected chi connectivity index (χ2v) is 17.7. The van der Waals surface area contributed by atoms with Crippen molar-refractivity contribution in [3.05, 3.63) is 35.4 Å². The van der Waals surface area contributed by atoms with Crippen LogP contribution >= 0.6 is 0 Å². The van der Waals surface area contributed by atoms with Gasteiger partial charge in [-0.25, -0.2) is 4.99 Å². The van der Waals surface area contributed by atoms with Crippen LogP contribution in [-0.4, -0.2) is 94.8 Å². The maximum absolute atomic E-state index is 12.0. The van der Waals surface area contributed by atoms with Gasteiger partial charge in [0.15, 0.2) is 6.67 Å². The Morgan fingerprint density at radius 2 is 1.80 bits per heavy atom. The number of carboxylic acids is 1. The number of aliphatic hydroxyl groups excluding tert-OH is 1. The lowest BCUT2D eigenvalue weighted by molar-refractivity contribution is -0.914. The zero-order valence-electron chi connectivity index (χ0n) is 30.8. The van der Waals surface area contributed by atoms with Crippen molar-refractivity contribution in [1.29, 1.82) is 0 Å². The van der Waals surface area contributed by atoms with Gasteiger partial charge < -0.3 is 36.6 Å². The Morgan fingerprint density at radius 3 is 2.54 bits per heavy atom. The molecular weight excluding hydrogens is 628 g/mol. The first kappa shape index (κ1) is 37.8. The highest BCUT2D eigenvalue weighted by Crippen LogP contribution is 2.47. The van der Waals surface area contributed by atoms with Gasteiger partial charge in [-0.1, -0.05) is 49.9 Å². The van der Waals surface area contributed by atoms with Gasteiger partial charge >= 0.3 is 5.97 Å². The van der Waals surface area contributed by atoms with E-state index in [0.717, 1.165) is 77.4 Å². The number of piperidine rings is 2. The number of fused-ring (bicyclic) bond motifs is 4. The number of aliphatic imine (C=N–C) groups is 1. The first-order chi connectivity index (χ1) is 23.9. The number of β-amino-alcohol motifs (C(OH)–C–C–N with tert-alkyl or cyclic N) is 1. The van der Waals surface area contributed by atoms with Crippen LogP contribution in [-0.2, 0) is 17.6 Å². The van der Waals surface area contributed by atoms with Crippen LogP contribution in [0.2, 0.25) is 0 Å². The molecule has 10 heteroatoms. The summed E-state index contributed by atoms with van der Waals surface area (Å²) in [5.74, 6) is -0.392. The summed E-state index contributed by atoms with van der Waals surface area (Å²) in [4.78, 5) is 18.0. The Hall–Kier alpha value is -1.92. The van der Waals surface area contributed by atoms with E-state index in [-0.39, 0.29) is 48.3 Å². The zero-order valence-corrected chi connectivity index (χ0v) is 30.8. The predicted octanol–water partition coefficient (Wildman–Crippen LogP) is 2.69. The second kappa shape index (κ2) is 16.4. The molecule has 6 rings (SSSR count). The topological polar surface area (TPSA) is 157 Å². The molecule has 1 saturated carbocycles. The fourth-order valence-corrected chi connectivity index (χ4v) is 10.6. The molecule has 9 N–H and O–H groups in total. The van der Waals surface area contributed by atoms with E-state index in [2.05, 4.69) is 59.1 Å². The third kappa shape index (κ3) is 9.94. The summed E-state index contributed by atoms with van der Waals surface area (Å²) >= 11 is 0. The van der Waals surface area contributed by atoms with E-state index in [4.69, 9.17) is 5.73 Å². The number of nitrogens with zero attached hydrogens (tertiary/aromatic N) is 1. The van der Waals surface area contributed by atoms with Crippen molar-refractivity contribution < 1.29 is 25.0 Å². The van der Waals surface area contributed by atoms with Gasteiger partial charge in [-0.15, -0.1) is 0 Å². The normalized spacial score (nSPS) is 39.9. The van der Waals surface area contributed by atoms with Gasteiger partial charge in [-0.2, -0.15) is 0 Å². The van der Waals surface area contributed by atoms with E-state index >= 15 is 0 Å². The van der Waals surface area contributed by atoms with Crippen LogP contribution in [0.4, 0.5) is 0 Å². The number of hydrogen-bond donors (Lipinski definition) is 8. The lowest BCUT2D eigenvalue weighted by Crippen LogP contribution is -3.16. The van der Waals surface area contributed by atoms with E-state index in [1.165, 1.54) is 48.1 Å². The molecule has 10 nitrogen and oxygen atoms in total. The lowest BCUT2D eigenvalue weighted by Gasteiger charge is -2.45. The van der Waals surface area contributed by atoms with E-state index in [1.54, 1.807) is 0 Å². The average Bonchev–Trinajstić information content (AvgIpc) is 3.76. The molecule has 4 heterocycles. The number of quaternary nitrogens is 1. The summed E-state index contributed by atoms with van der Waals surface area (Å²) in [5.41, 5.74) is 7.89. The maximum Gasteiger partial charge on any atom is 0.306 e. The summed E-state index contributed by atoms with van der Waals surface area (Å²) in [6.45, 7) is 6.32. The minimum Gasteiger partial charge on any atom is -0.481 e. The van der Waals surface area contributed by atoms with Crippen molar-refractivity contribution in [3.63, 3.8) is 0 Å². The first-order valence-electron chi connectivity index (χ1n) is 20.0. The summed E-state index contributed by atoms with van der Waals surface area (Å²) in [5, 5.41) is 43.7. The lowest BCUT2D eigenvalue weighted by atomic mass is 9.73. The molecule has 1 spiro atoms. The number of nitrogens with two attached hydrogens (primary N) is 1. The van der Waals surface area contributed by atoms with Gasteiger partial charge in [-0.05, 0) is 107 Å². The molecule has 10 atom stereocenters. The number of carbonyl (C=O) groups is 1. The molecule has 1 aliphatic carbocycles. The smallest absolute Gasteiger partial charge is 0.306 e. The molecule has 0 amide bonds. The van der Waals surface area contributed by atoms with Crippen molar-refractivity contribution in [2.45, 2.75) is 171 Å². The van der Waals surface area contributed by atoms with Crippen molar-refractivity contribution in [2.24, 2.45) is 22.1 Å². The van der Waals surface area contributed by atoms with Crippen molar-refractivity contribution in [2.75, 3.05) is 19.8 Å². The van der Waals surface area contributed by atoms with Crippen LogP contribution in [0.3, 0.4) is 0 Å². The number of aliphatic hydroxyl groups is 2. The predicted molar refractivity (Wildman–Crippen MR) is 198 cm³/mol. The molecule has 280 valence electrons. The molecule has 50 heavy (non-hydrogen) atoms. The van der Waals surface area contributed by atoms with Gasteiger partial charge in [0, 0.05) is 30.6 Å². The molecule has 1 aromatic carbocycles. The van der Waals surface area contributed by atoms with Crippen molar-refractivity contribution >= 4 is 12.2 Å². The average molecular weight is 696 g/mol. The molecule has 10 unspecified atom stereocenters. The summed E-state index contributed by atoms with van der Waals surface area (Å²) in [6, 6.07) is 10.2. The van der Waals surface area contributed by atoms with Gasteiger partial charge in [-0.3, -0.25) is 10.1 Å². The number of rotatable bonds is 6. The Morgan fingerprint density at radius 1 is 1.04 bits per heavy atom. The van der Waals surface area contributed by atoms with Crippen LogP contribution in [0.25, 0.3) is 0 Å². The maximum atomic E-state index is 12.0. The molecule has 1 aromatic rings. The number of hydrogen-bond acceptors (Lipinski definition) is 8. The molecular formula is C40H67N6O4+. The van der Waals surface area contributed by atoms with E-state index in [1.807, 2.05) is 6.21 Å². The summed E-state index contributed by atoms with van der Waals surface area (Å²) in [7, 11) is 0. The standard InChI is InChI=1S/C40H66N6O4/c1-28-35(47)22-34(46-18-17-42-27-46)33(44-28)11-10-29-9-6-14-39(12-3-4-13-39)15-16-40(50,25-37(48)49)26-43-38(2)23-32(45-36(41)24-38)21-31-8-5-7-30(19-29)20-31/h5,7-8,17,20,28-29,32-36,43-45,47,50H,3-4,6,9-16,18-19,21-27,41H2,1-2H3,(H,48,49)/p+1. The molecule has 2 saturated heterocycles. The number of benzene rings is 1. The molecule has 5 aliphatic rings. The minimum atomic E-state index is -1.30. The first-order valence-corrected chi connectivity index (χ1v) is 20.0. The highest BCUT2D eigenvalue weighted by Gasteiger charge is 2.43. The Bertz CT molecular complexity index is 1300. The highest BCUT2D eigenvalue weighted by molar-refractivity contribution is 5.68. The largest absolute Gasteiger partial charge is 0.481 e. The fraction of sp³-hybridized carbons (Fsp3) is 0.800. The number of carboxylic acid groups (broad SMARTS) is 1. The van der Waals surface area contributed by atoms with E-state index in [0.29, 0.717) is 24.4 Å². The van der Waals surface area contributed by atoms with Gasteiger partial charge in [0.1, 0.15) is 12.6 Å². The molecule has 4 aliphatic heterocycles. The molecule has 0 aromatic heterocycles. The number of nitrogens with one attached hydrogen (secondary N) is 4. The van der Waals surface area contributed by atoms with E-state index in [9.17, 15) is 20.1 Å². The Balaban J connectivity index is 1.23. The van der Waals surface area contributed by atoms with Gasteiger partial charge in [0.25, 0.3) is 0 Å². The van der Waals surface area contributed by atoms with Gasteiger partial charge in [0.05, 0.1) is 36.5 Å². The van der Waals surface area contributed by atoms with Crippen molar-refractivity contribution in [3.8, 4) is 0 Å². The van der Waals surface area contributed by atoms with Crippen LogP contribution < -0.4 is 26.6 Å². The van der Waals surface area contributed by atoms with Crippen LogP contribution in [0.1, 0.15) is 121 Å². The van der Waals surface area contributed by atoms with Crippen LogP contribution in [0, 0.1) is 11.3 Å². The van der Waals surface area contributed by atoms with Crippen LogP contribution in [0.5, 0.6) is 0 Å².